The largest absolute Gasteiger partial charge is 0.497 e. The minimum Gasteiger partial charge on any atom is -0.497 e. The molecule has 3 aromatic rings. The second-order valence-electron chi connectivity index (χ2n) is 7.99. The van der Waals surface area contributed by atoms with E-state index in [1.54, 1.807) is 25.5 Å². The van der Waals surface area contributed by atoms with Gasteiger partial charge in [0.15, 0.2) is 4.80 Å². The molecule has 2 aromatic carbocycles. The number of fused-ring (bicyclic) bond motifs is 1. The van der Waals surface area contributed by atoms with E-state index < -0.39 is 12.0 Å². The van der Waals surface area contributed by atoms with Crippen LogP contribution >= 0.6 is 11.3 Å². The maximum Gasteiger partial charge on any atom is 0.338 e. The van der Waals surface area contributed by atoms with Crippen molar-refractivity contribution in [3.05, 3.63) is 90.6 Å². The average molecular weight is 493 g/mol. The highest BCUT2D eigenvalue weighted by Gasteiger charge is 2.33. The molecular weight excluding hydrogens is 464 g/mol. The van der Waals surface area contributed by atoms with Gasteiger partial charge >= 0.3 is 5.97 Å². The normalized spacial score (nSPS) is 15.4. The molecule has 1 atom stereocenters. The van der Waals surface area contributed by atoms with Crippen LogP contribution in [0, 0.1) is 0 Å². The predicted molar refractivity (Wildman–Crippen MR) is 136 cm³/mol. The highest BCUT2D eigenvalue weighted by atomic mass is 32.1. The van der Waals surface area contributed by atoms with Crippen molar-refractivity contribution in [2.75, 3.05) is 20.3 Å². The predicted octanol–water partition coefficient (Wildman–Crippen LogP) is 3.60. The Kier molecular flexibility index (Phi) is 7.51. The molecule has 1 aliphatic rings. The zero-order valence-electron chi connectivity index (χ0n) is 20.2. The summed E-state index contributed by atoms with van der Waals surface area (Å²) in [6.45, 7) is 6.47. The Bertz CT molecular complexity index is 1420. The van der Waals surface area contributed by atoms with Crippen molar-refractivity contribution in [3.8, 4) is 11.5 Å². The van der Waals surface area contributed by atoms with E-state index in [0.29, 0.717) is 33.0 Å². The van der Waals surface area contributed by atoms with Crippen LogP contribution in [0.3, 0.4) is 0 Å². The first-order valence-electron chi connectivity index (χ1n) is 11.5. The van der Waals surface area contributed by atoms with Crippen LogP contribution in [-0.2, 0) is 9.53 Å². The number of nitrogens with zero attached hydrogens (tertiary/aromatic N) is 2. The van der Waals surface area contributed by atoms with Crippen molar-refractivity contribution >= 4 is 23.4 Å². The summed E-state index contributed by atoms with van der Waals surface area (Å²) in [7, 11) is 1.59. The Labute approximate surface area is 207 Å². The molecule has 1 unspecified atom stereocenters. The Morgan fingerprint density at radius 2 is 1.77 bits per heavy atom. The van der Waals surface area contributed by atoms with Gasteiger partial charge in [-0.1, -0.05) is 42.5 Å². The number of carbonyl (C=O) groups is 1. The summed E-state index contributed by atoms with van der Waals surface area (Å²) in [4.78, 5) is 31.7. The first-order chi connectivity index (χ1) is 17.0. The summed E-state index contributed by atoms with van der Waals surface area (Å²) < 4.78 is 18.4. The van der Waals surface area contributed by atoms with E-state index in [4.69, 9.17) is 14.2 Å². The molecule has 0 aliphatic carbocycles. The van der Waals surface area contributed by atoms with Gasteiger partial charge in [0.1, 0.15) is 11.5 Å². The molecule has 4 rings (SSSR count). The second-order valence-corrected chi connectivity index (χ2v) is 9.00. The van der Waals surface area contributed by atoms with Gasteiger partial charge in [0.05, 0.1) is 42.2 Å². The molecule has 0 saturated carbocycles. The molecule has 0 spiro atoms. The Morgan fingerprint density at radius 3 is 2.40 bits per heavy atom. The molecule has 0 N–H and O–H groups in total. The molecule has 0 fully saturated rings. The van der Waals surface area contributed by atoms with Crippen LogP contribution in [0.5, 0.6) is 11.5 Å². The number of hydrogen-bond donors (Lipinski definition) is 0. The zero-order valence-corrected chi connectivity index (χ0v) is 21.1. The van der Waals surface area contributed by atoms with E-state index in [-0.39, 0.29) is 12.2 Å². The fourth-order valence-corrected chi connectivity index (χ4v) is 4.97. The number of thiazole rings is 1. The Balaban J connectivity index is 1.83. The number of aromatic nitrogens is 1. The zero-order chi connectivity index (χ0) is 24.9. The van der Waals surface area contributed by atoms with Crippen molar-refractivity contribution in [3.63, 3.8) is 0 Å². The molecule has 2 heterocycles. The summed E-state index contributed by atoms with van der Waals surface area (Å²) in [5.41, 5.74) is 2.33. The summed E-state index contributed by atoms with van der Waals surface area (Å²) in [6, 6.07) is 14.3. The molecular formula is C27H28N2O5S. The smallest absolute Gasteiger partial charge is 0.338 e. The monoisotopic (exact) mass is 492 g/mol. The third-order valence-electron chi connectivity index (χ3n) is 5.60. The van der Waals surface area contributed by atoms with Gasteiger partial charge in [-0.05, 0) is 61.7 Å². The van der Waals surface area contributed by atoms with E-state index >= 15 is 0 Å². The van der Waals surface area contributed by atoms with Crippen molar-refractivity contribution in [1.29, 1.82) is 0 Å². The number of esters is 1. The first kappa shape index (κ1) is 24.5. The van der Waals surface area contributed by atoms with Crippen molar-refractivity contribution < 1.29 is 19.0 Å². The van der Waals surface area contributed by atoms with Gasteiger partial charge in [-0.25, -0.2) is 9.79 Å². The van der Waals surface area contributed by atoms with Crippen molar-refractivity contribution in [2.24, 2.45) is 4.99 Å². The van der Waals surface area contributed by atoms with Gasteiger partial charge in [-0.3, -0.25) is 9.36 Å². The van der Waals surface area contributed by atoms with Crippen molar-refractivity contribution in [2.45, 2.75) is 33.2 Å². The van der Waals surface area contributed by atoms with E-state index in [1.165, 1.54) is 11.3 Å². The van der Waals surface area contributed by atoms with Gasteiger partial charge in [0, 0.05) is 0 Å². The van der Waals surface area contributed by atoms with E-state index in [1.807, 2.05) is 54.6 Å². The SMILES string of the molecule is CCCOc1ccc(/C=c2\sc3n(c2=O)C(c2ccc(OC)cc2)C(C(=O)OCC)=C(C)N=3)cc1. The van der Waals surface area contributed by atoms with Crippen LogP contribution in [0.15, 0.2) is 69.6 Å². The Morgan fingerprint density at radius 1 is 1.09 bits per heavy atom. The highest BCUT2D eigenvalue weighted by Crippen LogP contribution is 2.31. The lowest BCUT2D eigenvalue weighted by molar-refractivity contribution is -0.139. The standard InChI is InChI=1S/C27H28N2O5S/c1-5-15-34-21-11-7-18(8-12-21)16-22-25(30)29-24(19-9-13-20(32-4)14-10-19)23(26(31)33-6-2)17(3)28-27(29)35-22/h7-14,16,24H,5-6,15H2,1-4H3/b22-16-. The third kappa shape index (κ3) is 5.07. The molecule has 0 radical (unpaired) electrons. The number of rotatable bonds is 8. The number of hydrogen-bond acceptors (Lipinski definition) is 7. The Hall–Kier alpha value is -3.65. The van der Waals surface area contributed by atoms with Gasteiger partial charge in [0.25, 0.3) is 5.56 Å². The molecule has 1 aliphatic heterocycles. The van der Waals surface area contributed by atoms with Crippen LogP contribution in [0.25, 0.3) is 6.08 Å². The lowest BCUT2D eigenvalue weighted by Crippen LogP contribution is -2.39. The van der Waals surface area contributed by atoms with Gasteiger partial charge in [0.2, 0.25) is 0 Å². The lowest BCUT2D eigenvalue weighted by atomic mass is 9.96. The molecule has 7 nitrogen and oxygen atoms in total. The van der Waals surface area contributed by atoms with Gasteiger partial charge in [-0.2, -0.15) is 0 Å². The van der Waals surface area contributed by atoms with E-state index in [2.05, 4.69) is 11.9 Å². The quantitative estimate of drug-likeness (QED) is 0.449. The minimum absolute atomic E-state index is 0.213. The number of carbonyl (C=O) groups excluding carboxylic acids is 1. The van der Waals surface area contributed by atoms with Crippen LogP contribution in [0.1, 0.15) is 44.4 Å². The summed E-state index contributed by atoms with van der Waals surface area (Å²) in [5, 5.41) is 0. The number of methoxy groups -OCH3 is 1. The number of allylic oxidation sites excluding steroid dienone is 1. The molecule has 1 aromatic heterocycles. The summed E-state index contributed by atoms with van der Waals surface area (Å²) in [6.07, 6.45) is 2.77. The van der Waals surface area contributed by atoms with Gasteiger partial charge in [-0.15, -0.1) is 0 Å². The molecule has 8 heteroatoms. The fourth-order valence-electron chi connectivity index (χ4n) is 3.92. The van der Waals surface area contributed by atoms with Crippen LogP contribution in [0.4, 0.5) is 0 Å². The van der Waals surface area contributed by atoms with Crippen molar-refractivity contribution in [1.82, 2.24) is 4.57 Å². The highest BCUT2D eigenvalue weighted by molar-refractivity contribution is 7.07. The molecule has 0 saturated heterocycles. The molecule has 182 valence electrons. The maximum atomic E-state index is 13.6. The van der Waals surface area contributed by atoms with E-state index in [9.17, 15) is 9.59 Å². The maximum absolute atomic E-state index is 13.6. The number of ether oxygens (including phenoxy) is 3. The number of benzene rings is 2. The fraction of sp³-hybridized carbons (Fsp3) is 0.296. The van der Waals surface area contributed by atoms with Crippen LogP contribution in [-0.4, -0.2) is 30.9 Å². The first-order valence-corrected chi connectivity index (χ1v) is 12.3. The van der Waals surface area contributed by atoms with E-state index in [0.717, 1.165) is 23.3 Å². The lowest BCUT2D eigenvalue weighted by Gasteiger charge is -2.24. The average Bonchev–Trinajstić information content (AvgIpc) is 3.17. The summed E-state index contributed by atoms with van der Waals surface area (Å²) in [5.74, 6) is 0.997. The van der Waals surface area contributed by atoms with Crippen LogP contribution in [0.2, 0.25) is 0 Å². The second kappa shape index (κ2) is 10.7. The minimum atomic E-state index is -0.650. The summed E-state index contributed by atoms with van der Waals surface area (Å²) >= 11 is 1.30. The van der Waals surface area contributed by atoms with Crippen LogP contribution < -0.4 is 24.4 Å². The molecule has 0 amide bonds. The topological polar surface area (TPSA) is 79.1 Å². The molecule has 35 heavy (non-hydrogen) atoms. The van der Waals surface area contributed by atoms with Gasteiger partial charge < -0.3 is 14.2 Å². The molecule has 0 bridgehead atoms. The third-order valence-corrected chi connectivity index (χ3v) is 6.58.